The molecule has 0 saturated carbocycles. The second-order valence-electron chi connectivity index (χ2n) is 4.05. The topological polar surface area (TPSA) is 56.1 Å². The molecule has 1 aromatic carbocycles. The van der Waals surface area contributed by atoms with Crippen molar-refractivity contribution < 1.29 is 22.7 Å². The number of amides is 1. The Hall–Kier alpha value is -2.25. The van der Waals surface area contributed by atoms with E-state index in [1.807, 2.05) is 5.32 Å². The lowest BCUT2D eigenvalue weighted by atomic mass is 10.3. The lowest BCUT2D eigenvalue weighted by Crippen LogP contribution is -2.38. The summed E-state index contributed by atoms with van der Waals surface area (Å²) in [5.41, 5.74) is 1.43. The zero-order chi connectivity index (χ0) is 14.8. The molecule has 1 amide bonds. The van der Waals surface area contributed by atoms with Crippen LogP contribution in [0.1, 0.15) is 0 Å². The van der Waals surface area contributed by atoms with Crippen LogP contribution in [0.3, 0.4) is 0 Å². The third-order valence-electron chi connectivity index (χ3n) is 2.72. The fourth-order valence-corrected chi connectivity index (χ4v) is 1.73. The van der Waals surface area contributed by atoms with Crippen LogP contribution in [0.25, 0.3) is 11.0 Å². The second-order valence-corrected chi connectivity index (χ2v) is 4.05. The van der Waals surface area contributed by atoms with E-state index in [4.69, 9.17) is 4.74 Å². The molecule has 1 heterocycles. The molecule has 1 aromatic heterocycles. The van der Waals surface area contributed by atoms with Crippen LogP contribution in [-0.4, -0.2) is 35.3 Å². The largest absolute Gasteiger partial charge is 0.497 e. The van der Waals surface area contributed by atoms with Crippen LogP contribution in [0.15, 0.2) is 24.5 Å². The number of methoxy groups -OCH3 is 1. The van der Waals surface area contributed by atoms with E-state index in [9.17, 15) is 18.0 Å². The van der Waals surface area contributed by atoms with Crippen molar-refractivity contribution in [3.8, 4) is 5.75 Å². The average Bonchev–Trinajstić information content (AvgIpc) is 2.80. The SMILES string of the molecule is COc1ccc2ncn(CCNC(=O)C(F)(F)F)c2c1. The number of fused-ring (bicyclic) bond motifs is 1. The molecule has 0 bridgehead atoms. The second kappa shape index (κ2) is 5.40. The summed E-state index contributed by atoms with van der Waals surface area (Å²) in [6, 6.07) is 5.22. The maximum atomic E-state index is 12.0. The van der Waals surface area contributed by atoms with Gasteiger partial charge in [0.1, 0.15) is 5.75 Å². The molecule has 0 aliphatic rings. The van der Waals surface area contributed by atoms with Gasteiger partial charge in [-0.15, -0.1) is 0 Å². The van der Waals surface area contributed by atoms with E-state index >= 15 is 0 Å². The summed E-state index contributed by atoms with van der Waals surface area (Å²) in [5, 5.41) is 1.81. The smallest absolute Gasteiger partial charge is 0.471 e. The standard InChI is InChI=1S/C12H12F3N3O2/c1-20-8-2-3-9-10(6-8)18(7-17-9)5-4-16-11(19)12(13,14)15/h2-3,6-7H,4-5H2,1H3,(H,16,19). The van der Waals surface area contributed by atoms with E-state index in [0.29, 0.717) is 11.3 Å². The van der Waals surface area contributed by atoms with Gasteiger partial charge in [-0.3, -0.25) is 4.79 Å². The number of alkyl halides is 3. The summed E-state index contributed by atoms with van der Waals surface area (Å²) in [5.74, 6) is -1.32. The first-order valence-corrected chi connectivity index (χ1v) is 5.75. The highest BCUT2D eigenvalue weighted by Gasteiger charge is 2.38. The summed E-state index contributed by atoms with van der Waals surface area (Å²) in [7, 11) is 1.52. The van der Waals surface area contributed by atoms with Crippen molar-refractivity contribution >= 4 is 16.9 Å². The van der Waals surface area contributed by atoms with Crippen LogP contribution in [0.4, 0.5) is 13.2 Å². The van der Waals surface area contributed by atoms with Gasteiger partial charge < -0.3 is 14.6 Å². The van der Waals surface area contributed by atoms with Crippen LogP contribution >= 0.6 is 0 Å². The minimum Gasteiger partial charge on any atom is -0.497 e. The summed E-state index contributed by atoms with van der Waals surface area (Å²) in [4.78, 5) is 14.8. The molecule has 0 spiro atoms. The number of carbonyl (C=O) groups is 1. The van der Waals surface area contributed by atoms with Crippen molar-refractivity contribution in [2.24, 2.45) is 0 Å². The molecule has 0 aliphatic carbocycles. The molecule has 0 aliphatic heterocycles. The lowest BCUT2D eigenvalue weighted by molar-refractivity contribution is -0.173. The van der Waals surface area contributed by atoms with E-state index < -0.39 is 12.1 Å². The van der Waals surface area contributed by atoms with Crippen molar-refractivity contribution in [2.45, 2.75) is 12.7 Å². The number of nitrogens with one attached hydrogen (secondary N) is 1. The van der Waals surface area contributed by atoms with Gasteiger partial charge in [0.05, 0.1) is 24.5 Å². The molecule has 0 saturated heterocycles. The zero-order valence-corrected chi connectivity index (χ0v) is 10.6. The Kier molecular flexibility index (Phi) is 3.82. The van der Waals surface area contributed by atoms with E-state index in [1.54, 1.807) is 22.8 Å². The van der Waals surface area contributed by atoms with Crippen LogP contribution in [0, 0.1) is 0 Å². The number of imidazole rings is 1. The molecular formula is C12H12F3N3O2. The number of benzene rings is 1. The number of hydrogen-bond acceptors (Lipinski definition) is 3. The highest BCUT2D eigenvalue weighted by atomic mass is 19.4. The number of nitrogens with zero attached hydrogens (tertiary/aromatic N) is 2. The Morgan fingerprint density at radius 3 is 2.85 bits per heavy atom. The number of halogens is 3. The lowest BCUT2D eigenvalue weighted by Gasteiger charge is -2.09. The Bertz CT molecular complexity index is 622. The molecule has 1 N–H and O–H groups in total. The molecule has 108 valence electrons. The Labute approximate surface area is 112 Å². The van der Waals surface area contributed by atoms with Crippen molar-refractivity contribution in [3.05, 3.63) is 24.5 Å². The zero-order valence-electron chi connectivity index (χ0n) is 10.6. The Morgan fingerprint density at radius 2 is 2.20 bits per heavy atom. The van der Waals surface area contributed by atoms with Gasteiger partial charge in [-0.05, 0) is 12.1 Å². The number of ether oxygens (including phenoxy) is 1. The number of rotatable bonds is 4. The molecular weight excluding hydrogens is 275 g/mol. The van der Waals surface area contributed by atoms with Gasteiger partial charge in [-0.25, -0.2) is 4.98 Å². The molecule has 8 heteroatoms. The van der Waals surface area contributed by atoms with Crippen molar-refractivity contribution in [3.63, 3.8) is 0 Å². The molecule has 0 atom stereocenters. The van der Waals surface area contributed by atoms with Crippen LogP contribution in [0.5, 0.6) is 5.75 Å². The van der Waals surface area contributed by atoms with E-state index in [0.717, 1.165) is 5.52 Å². The first-order valence-electron chi connectivity index (χ1n) is 5.75. The van der Waals surface area contributed by atoms with Crippen molar-refractivity contribution in [2.75, 3.05) is 13.7 Å². The Balaban J connectivity index is 2.05. The minimum atomic E-state index is -4.86. The quantitative estimate of drug-likeness (QED) is 0.931. The average molecular weight is 287 g/mol. The molecule has 0 radical (unpaired) electrons. The van der Waals surface area contributed by atoms with Gasteiger partial charge in [-0.1, -0.05) is 0 Å². The van der Waals surface area contributed by atoms with Crippen LogP contribution < -0.4 is 10.1 Å². The number of aromatic nitrogens is 2. The summed E-state index contributed by atoms with van der Waals surface area (Å²) >= 11 is 0. The van der Waals surface area contributed by atoms with Gasteiger partial charge in [-0.2, -0.15) is 13.2 Å². The first kappa shape index (κ1) is 14.2. The van der Waals surface area contributed by atoms with Crippen molar-refractivity contribution in [1.82, 2.24) is 14.9 Å². The van der Waals surface area contributed by atoms with Gasteiger partial charge in [0.25, 0.3) is 0 Å². The molecule has 2 rings (SSSR count). The van der Waals surface area contributed by atoms with Gasteiger partial charge >= 0.3 is 12.1 Å². The molecule has 2 aromatic rings. The molecule has 5 nitrogen and oxygen atoms in total. The van der Waals surface area contributed by atoms with Gasteiger partial charge in [0, 0.05) is 19.2 Å². The molecule has 20 heavy (non-hydrogen) atoms. The fraction of sp³-hybridized carbons (Fsp3) is 0.333. The minimum absolute atomic E-state index is 0.138. The van der Waals surface area contributed by atoms with Gasteiger partial charge in [0.2, 0.25) is 0 Å². The van der Waals surface area contributed by atoms with Crippen molar-refractivity contribution in [1.29, 1.82) is 0 Å². The number of hydrogen-bond donors (Lipinski definition) is 1. The maximum Gasteiger partial charge on any atom is 0.471 e. The van der Waals surface area contributed by atoms with Crippen LogP contribution in [0.2, 0.25) is 0 Å². The highest BCUT2D eigenvalue weighted by molar-refractivity contribution is 5.81. The Morgan fingerprint density at radius 1 is 1.45 bits per heavy atom. The predicted octanol–water partition coefficient (Wildman–Crippen LogP) is 1.72. The third-order valence-corrected chi connectivity index (χ3v) is 2.72. The third kappa shape index (κ3) is 3.01. The normalized spacial score (nSPS) is 11.6. The summed E-state index contributed by atoms with van der Waals surface area (Å²) in [6.45, 7) is 0.0481. The molecule has 0 fully saturated rings. The predicted molar refractivity (Wildman–Crippen MR) is 65.3 cm³/mol. The van der Waals surface area contributed by atoms with Crippen LogP contribution in [-0.2, 0) is 11.3 Å². The van der Waals surface area contributed by atoms with E-state index in [-0.39, 0.29) is 13.1 Å². The summed E-state index contributed by atoms with van der Waals surface area (Å²) < 4.78 is 42.8. The van der Waals surface area contributed by atoms with E-state index in [1.165, 1.54) is 13.4 Å². The van der Waals surface area contributed by atoms with Gasteiger partial charge in [0.15, 0.2) is 0 Å². The monoisotopic (exact) mass is 287 g/mol. The highest BCUT2D eigenvalue weighted by Crippen LogP contribution is 2.19. The summed E-state index contributed by atoms with van der Waals surface area (Å²) in [6.07, 6.45) is -3.36. The number of carbonyl (C=O) groups excluding carboxylic acids is 1. The van der Waals surface area contributed by atoms with E-state index in [2.05, 4.69) is 4.98 Å². The fourth-order valence-electron chi connectivity index (χ4n) is 1.73. The molecule has 0 unspecified atom stereocenters. The maximum absolute atomic E-state index is 12.0. The first-order chi connectivity index (χ1) is 9.41.